The van der Waals surface area contributed by atoms with Crippen molar-refractivity contribution in [1.82, 2.24) is 20.0 Å². The molecule has 1 N–H and O–H groups in total. The zero-order valence-corrected chi connectivity index (χ0v) is 19.2. The van der Waals surface area contributed by atoms with Crippen LogP contribution >= 0.6 is 23.2 Å². The highest BCUT2D eigenvalue weighted by Crippen LogP contribution is 2.43. The van der Waals surface area contributed by atoms with Gasteiger partial charge in [0.15, 0.2) is 0 Å². The molecule has 1 aliphatic heterocycles. The lowest BCUT2D eigenvalue weighted by atomic mass is 10.2. The monoisotopic (exact) mass is 466 g/mol. The predicted octanol–water partition coefficient (Wildman–Crippen LogP) is 3.64. The van der Waals surface area contributed by atoms with Crippen molar-refractivity contribution >= 4 is 29.1 Å². The number of amides is 1. The van der Waals surface area contributed by atoms with Crippen LogP contribution < -0.4 is 10.1 Å². The number of aryl methyl sites for hydroxylation is 1. The number of nitrogens with one attached hydrogen (secondary N) is 1. The molecule has 1 saturated heterocycles. The van der Waals surface area contributed by atoms with E-state index >= 15 is 0 Å². The summed E-state index contributed by atoms with van der Waals surface area (Å²) in [5, 5.41) is 8.32. The Morgan fingerprint density at radius 1 is 1.29 bits per heavy atom. The van der Waals surface area contributed by atoms with Crippen molar-refractivity contribution in [1.29, 1.82) is 0 Å². The zero-order valence-electron chi connectivity index (χ0n) is 17.7. The number of aromatic nitrogens is 2. The Labute approximate surface area is 192 Å². The van der Waals surface area contributed by atoms with Crippen LogP contribution in [0.5, 0.6) is 5.75 Å². The normalized spacial score (nSPS) is 17.0. The molecule has 7 nitrogen and oxygen atoms in total. The molecule has 4 rings (SSSR count). The number of nitrogens with zero attached hydrogens (tertiary/aromatic N) is 3. The second kappa shape index (κ2) is 10.2. The lowest BCUT2D eigenvalue weighted by Gasteiger charge is -2.26. The van der Waals surface area contributed by atoms with Crippen molar-refractivity contribution in [3.8, 4) is 5.75 Å². The predicted molar refractivity (Wildman–Crippen MR) is 120 cm³/mol. The molecule has 1 amide bonds. The maximum Gasteiger partial charge on any atom is 0.271 e. The van der Waals surface area contributed by atoms with Crippen LogP contribution in [0.4, 0.5) is 0 Å². The van der Waals surface area contributed by atoms with Crippen molar-refractivity contribution in [3.63, 3.8) is 0 Å². The van der Waals surface area contributed by atoms with Gasteiger partial charge in [0, 0.05) is 39.1 Å². The van der Waals surface area contributed by atoms with Gasteiger partial charge in [-0.2, -0.15) is 5.10 Å². The fourth-order valence-corrected chi connectivity index (χ4v) is 4.37. The number of carbonyl (C=O) groups is 1. The molecule has 2 heterocycles. The van der Waals surface area contributed by atoms with Crippen molar-refractivity contribution in [2.45, 2.75) is 31.7 Å². The standard InChI is InChI=1S/C22H28Cl2N4O3/c1-27-21(19(24)20(26-27)16-4-5-16)22(29)25-14-15-3-6-18(17(23)13-15)31-10-2-7-28-8-11-30-12-9-28/h3,6,13,16H,2,4-5,7-12,14H2,1H3,(H,25,29). The molecule has 0 spiro atoms. The summed E-state index contributed by atoms with van der Waals surface area (Å²) in [4.78, 5) is 15.0. The summed E-state index contributed by atoms with van der Waals surface area (Å²) in [6.07, 6.45) is 3.10. The van der Waals surface area contributed by atoms with E-state index in [1.165, 1.54) is 0 Å². The third-order valence-corrected chi connectivity index (χ3v) is 6.29. The molecule has 0 atom stereocenters. The Balaban J connectivity index is 1.26. The van der Waals surface area contributed by atoms with E-state index in [0.717, 1.165) is 63.4 Å². The van der Waals surface area contributed by atoms with Gasteiger partial charge in [-0.1, -0.05) is 29.3 Å². The average molecular weight is 467 g/mol. The Hall–Kier alpha value is -1.80. The van der Waals surface area contributed by atoms with Gasteiger partial charge < -0.3 is 14.8 Å². The average Bonchev–Trinajstić information content (AvgIpc) is 3.56. The number of ether oxygens (including phenoxy) is 2. The maximum atomic E-state index is 12.6. The molecule has 1 aliphatic carbocycles. The summed E-state index contributed by atoms with van der Waals surface area (Å²) in [6.45, 7) is 5.51. The van der Waals surface area contributed by atoms with Gasteiger partial charge in [0.25, 0.3) is 5.91 Å². The fourth-order valence-electron chi connectivity index (χ4n) is 3.72. The Morgan fingerprint density at radius 2 is 2.06 bits per heavy atom. The largest absolute Gasteiger partial charge is 0.492 e. The van der Waals surface area contributed by atoms with Gasteiger partial charge in [-0.25, -0.2) is 0 Å². The van der Waals surface area contributed by atoms with Crippen molar-refractivity contribution in [2.75, 3.05) is 39.5 Å². The summed E-state index contributed by atoms with van der Waals surface area (Å²) in [5.74, 6) is 0.800. The molecule has 1 saturated carbocycles. The highest BCUT2D eigenvalue weighted by atomic mass is 35.5. The molecule has 9 heteroatoms. The van der Waals surface area contributed by atoms with Gasteiger partial charge in [-0.3, -0.25) is 14.4 Å². The number of rotatable bonds is 9. The molecule has 31 heavy (non-hydrogen) atoms. The lowest BCUT2D eigenvalue weighted by molar-refractivity contribution is 0.0358. The smallest absolute Gasteiger partial charge is 0.271 e. The summed E-state index contributed by atoms with van der Waals surface area (Å²) in [6, 6.07) is 5.57. The molecule has 168 valence electrons. The quantitative estimate of drug-likeness (QED) is 0.571. The van der Waals surface area contributed by atoms with Gasteiger partial charge in [0.1, 0.15) is 11.4 Å². The molecule has 1 aromatic heterocycles. The number of hydrogen-bond acceptors (Lipinski definition) is 5. The first kappa shape index (κ1) is 22.4. The minimum Gasteiger partial charge on any atom is -0.492 e. The molecule has 1 aromatic carbocycles. The molecular weight excluding hydrogens is 439 g/mol. The first-order valence-corrected chi connectivity index (χ1v) is 11.5. The van der Waals surface area contributed by atoms with Gasteiger partial charge >= 0.3 is 0 Å². The number of morpholine rings is 1. The summed E-state index contributed by atoms with van der Waals surface area (Å²) in [5.41, 5.74) is 2.11. The zero-order chi connectivity index (χ0) is 21.8. The molecule has 0 bridgehead atoms. The van der Waals surface area contributed by atoms with Crippen LogP contribution in [-0.4, -0.2) is 60.0 Å². The molecule has 0 radical (unpaired) electrons. The van der Waals surface area contributed by atoms with Crippen LogP contribution in [0.2, 0.25) is 10.0 Å². The first-order chi connectivity index (χ1) is 15.0. The van der Waals surface area contributed by atoms with E-state index in [-0.39, 0.29) is 5.91 Å². The van der Waals surface area contributed by atoms with E-state index < -0.39 is 0 Å². The van der Waals surface area contributed by atoms with Gasteiger partial charge in [-0.15, -0.1) is 0 Å². The van der Waals surface area contributed by atoms with Crippen LogP contribution in [0, 0.1) is 0 Å². The number of benzene rings is 1. The first-order valence-electron chi connectivity index (χ1n) is 10.7. The van der Waals surface area contributed by atoms with Gasteiger partial charge in [-0.05, 0) is 37.0 Å². The second-order valence-corrected chi connectivity index (χ2v) is 8.83. The molecular formula is C22H28Cl2N4O3. The van der Waals surface area contributed by atoms with E-state index in [1.54, 1.807) is 11.7 Å². The van der Waals surface area contributed by atoms with Crippen molar-refractivity contribution in [3.05, 3.63) is 45.2 Å². The molecule has 0 unspecified atom stereocenters. The number of halogens is 2. The van der Waals surface area contributed by atoms with E-state index in [9.17, 15) is 4.79 Å². The molecule has 2 fully saturated rings. The Morgan fingerprint density at radius 3 is 2.77 bits per heavy atom. The lowest BCUT2D eigenvalue weighted by Crippen LogP contribution is -2.37. The SMILES string of the molecule is Cn1nc(C2CC2)c(Cl)c1C(=O)NCc1ccc(OCCCN2CCOCC2)c(Cl)c1. The van der Waals surface area contributed by atoms with Crippen LogP contribution in [-0.2, 0) is 18.3 Å². The van der Waals surface area contributed by atoms with E-state index in [2.05, 4.69) is 15.3 Å². The van der Waals surface area contributed by atoms with Crippen molar-refractivity contribution in [2.24, 2.45) is 7.05 Å². The van der Waals surface area contributed by atoms with Crippen LogP contribution in [0.15, 0.2) is 18.2 Å². The third kappa shape index (κ3) is 5.71. The molecule has 2 aliphatic rings. The highest BCUT2D eigenvalue weighted by Gasteiger charge is 2.32. The number of hydrogen-bond donors (Lipinski definition) is 1. The Bertz CT molecular complexity index is 924. The second-order valence-electron chi connectivity index (χ2n) is 8.05. The minimum absolute atomic E-state index is 0.244. The van der Waals surface area contributed by atoms with Gasteiger partial charge in [0.05, 0.1) is 35.6 Å². The van der Waals surface area contributed by atoms with E-state index in [1.807, 2.05) is 18.2 Å². The van der Waals surface area contributed by atoms with Crippen LogP contribution in [0.25, 0.3) is 0 Å². The fraction of sp³-hybridized carbons (Fsp3) is 0.545. The summed E-state index contributed by atoms with van der Waals surface area (Å²) >= 11 is 12.8. The highest BCUT2D eigenvalue weighted by molar-refractivity contribution is 6.34. The van der Waals surface area contributed by atoms with Crippen LogP contribution in [0.3, 0.4) is 0 Å². The van der Waals surface area contributed by atoms with E-state index in [4.69, 9.17) is 32.7 Å². The maximum absolute atomic E-state index is 12.6. The minimum atomic E-state index is -0.244. The molecule has 2 aromatic rings. The van der Waals surface area contributed by atoms with E-state index in [0.29, 0.717) is 40.6 Å². The van der Waals surface area contributed by atoms with Crippen molar-refractivity contribution < 1.29 is 14.3 Å². The van der Waals surface area contributed by atoms with Crippen LogP contribution in [0.1, 0.15) is 46.9 Å². The number of carbonyl (C=O) groups excluding carboxylic acids is 1. The third-order valence-electron chi connectivity index (χ3n) is 5.62. The Kier molecular flexibility index (Phi) is 7.38. The summed E-state index contributed by atoms with van der Waals surface area (Å²) < 4.78 is 12.8. The summed E-state index contributed by atoms with van der Waals surface area (Å²) in [7, 11) is 1.74. The topological polar surface area (TPSA) is 68.6 Å². The van der Waals surface area contributed by atoms with Gasteiger partial charge in [0.2, 0.25) is 0 Å².